The molecule has 0 aliphatic carbocycles. The number of carboxylic acids is 1. The maximum Gasteiger partial charge on any atom is 0.411 e. The molecule has 2 N–H and O–H groups in total. The van der Waals surface area contributed by atoms with Crippen molar-refractivity contribution < 1.29 is 23.8 Å². The summed E-state index contributed by atoms with van der Waals surface area (Å²) in [4.78, 5) is 38.4. The second-order valence-electron chi connectivity index (χ2n) is 5.07. The van der Waals surface area contributed by atoms with Gasteiger partial charge in [-0.2, -0.15) is 0 Å². The molecule has 0 aliphatic heterocycles. The summed E-state index contributed by atoms with van der Waals surface area (Å²) >= 11 is 0. The monoisotopic (exact) mass is 334 g/mol. The Bertz CT molecular complexity index is 838. The summed E-state index contributed by atoms with van der Waals surface area (Å²) in [6.07, 6.45) is -1.94. The van der Waals surface area contributed by atoms with E-state index in [0.717, 1.165) is 0 Å². The van der Waals surface area contributed by atoms with Gasteiger partial charge in [0.1, 0.15) is 11.9 Å². The van der Waals surface area contributed by atoms with Crippen LogP contribution in [0.4, 0.5) is 14.9 Å². The fourth-order valence-corrected chi connectivity index (χ4v) is 1.88. The van der Waals surface area contributed by atoms with E-state index in [2.05, 4.69) is 10.3 Å². The number of hydrogen-bond donors (Lipinski definition) is 2. The Balaban J connectivity index is 2.24. The van der Waals surface area contributed by atoms with Gasteiger partial charge in [0.15, 0.2) is 0 Å². The van der Waals surface area contributed by atoms with Gasteiger partial charge in [-0.1, -0.05) is 12.1 Å². The van der Waals surface area contributed by atoms with Crippen LogP contribution in [-0.2, 0) is 4.74 Å². The van der Waals surface area contributed by atoms with E-state index in [0.29, 0.717) is 5.39 Å². The van der Waals surface area contributed by atoms with Crippen molar-refractivity contribution in [3.63, 3.8) is 0 Å². The topological polar surface area (TPSA) is 106 Å². The highest BCUT2D eigenvalue weighted by Gasteiger charge is 2.09. The SMILES string of the molecule is CC(F)CCOC(=O)Nc1ccc2ccc(C(=O)O)cc2nc1=O. The van der Waals surface area contributed by atoms with Crippen molar-refractivity contribution >= 4 is 28.7 Å². The number of benzene rings is 1. The van der Waals surface area contributed by atoms with Crippen molar-refractivity contribution in [3.8, 4) is 0 Å². The first kappa shape index (κ1) is 17.3. The third-order valence-corrected chi connectivity index (χ3v) is 3.14. The third-order valence-electron chi connectivity index (χ3n) is 3.14. The van der Waals surface area contributed by atoms with Crippen LogP contribution in [0.3, 0.4) is 0 Å². The number of carbonyl (C=O) groups excluding carboxylic acids is 1. The molecule has 8 heteroatoms. The van der Waals surface area contributed by atoms with Gasteiger partial charge in [-0.3, -0.25) is 10.1 Å². The minimum atomic E-state index is -1.14. The third kappa shape index (κ3) is 4.48. The first-order valence-electron chi connectivity index (χ1n) is 7.13. The first-order valence-corrected chi connectivity index (χ1v) is 7.13. The largest absolute Gasteiger partial charge is 0.478 e. The van der Waals surface area contributed by atoms with Crippen molar-refractivity contribution in [2.75, 3.05) is 11.9 Å². The Morgan fingerprint density at radius 1 is 1.33 bits per heavy atom. The zero-order valence-electron chi connectivity index (χ0n) is 12.8. The van der Waals surface area contributed by atoms with Gasteiger partial charge in [0.2, 0.25) is 0 Å². The minimum Gasteiger partial charge on any atom is -0.478 e. The van der Waals surface area contributed by atoms with Crippen LogP contribution in [0, 0.1) is 0 Å². The molecule has 1 unspecified atom stereocenters. The maximum absolute atomic E-state index is 12.6. The number of carbonyl (C=O) groups is 2. The van der Waals surface area contributed by atoms with Crippen molar-refractivity contribution in [1.82, 2.24) is 4.98 Å². The van der Waals surface area contributed by atoms with E-state index < -0.39 is 23.8 Å². The van der Waals surface area contributed by atoms with Crippen LogP contribution in [0.5, 0.6) is 0 Å². The molecule has 0 spiro atoms. The van der Waals surface area contributed by atoms with Gasteiger partial charge in [0, 0.05) is 11.8 Å². The molecular weight excluding hydrogens is 319 g/mol. The molecule has 7 nitrogen and oxygen atoms in total. The van der Waals surface area contributed by atoms with Crippen LogP contribution < -0.4 is 10.9 Å². The number of aromatic carboxylic acids is 1. The minimum absolute atomic E-state index is 0.00476. The number of nitrogens with zero attached hydrogens (tertiary/aromatic N) is 1. The standard InChI is InChI=1S/C16H15FN2O5/c1-9(17)6-7-24-16(23)19-12-5-4-10-2-3-11(15(21)22)8-13(10)18-14(12)20/h2-5,8-9H,6-7H2,1H3,(H,21,22)(H,18,19,20,23). The normalized spacial score (nSPS) is 11.8. The summed E-state index contributed by atoms with van der Waals surface area (Å²) in [6.45, 7) is 1.23. The molecule has 0 bridgehead atoms. The van der Waals surface area contributed by atoms with Gasteiger partial charge in [-0.25, -0.2) is 19.0 Å². The van der Waals surface area contributed by atoms with Gasteiger partial charge >= 0.3 is 12.1 Å². The summed E-state index contributed by atoms with van der Waals surface area (Å²) in [5, 5.41) is 11.7. The molecule has 24 heavy (non-hydrogen) atoms. The number of hydrogen-bond acceptors (Lipinski definition) is 5. The van der Waals surface area contributed by atoms with Crippen molar-refractivity contribution in [3.05, 3.63) is 46.2 Å². The number of anilines is 1. The second kappa shape index (κ2) is 7.49. The molecule has 1 atom stereocenters. The van der Waals surface area contributed by atoms with E-state index in [1.54, 1.807) is 0 Å². The van der Waals surface area contributed by atoms with E-state index in [-0.39, 0.29) is 29.8 Å². The molecule has 1 aromatic heterocycles. The summed E-state index contributed by atoms with van der Waals surface area (Å²) in [7, 11) is 0. The number of carboxylic acid groups (broad SMARTS) is 1. The van der Waals surface area contributed by atoms with Crippen molar-refractivity contribution in [2.24, 2.45) is 0 Å². The lowest BCUT2D eigenvalue weighted by Crippen LogP contribution is -2.20. The Morgan fingerprint density at radius 2 is 2.04 bits per heavy atom. The maximum atomic E-state index is 12.6. The summed E-state index contributed by atoms with van der Waals surface area (Å²) in [6, 6.07) is 7.03. The average molecular weight is 334 g/mol. The highest BCUT2D eigenvalue weighted by Crippen LogP contribution is 2.13. The Kier molecular flexibility index (Phi) is 5.41. The molecule has 2 rings (SSSR count). The lowest BCUT2D eigenvalue weighted by atomic mass is 10.1. The lowest BCUT2D eigenvalue weighted by molar-refractivity contribution is 0.0697. The van der Waals surface area contributed by atoms with Gasteiger partial charge in [0.05, 0.1) is 17.7 Å². The van der Waals surface area contributed by atoms with E-state index in [1.807, 2.05) is 0 Å². The van der Waals surface area contributed by atoms with Crippen LogP contribution in [0.15, 0.2) is 35.1 Å². The molecule has 1 aromatic carbocycles. The average Bonchev–Trinajstić information content (AvgIpc) is 2.65. The molecule has 2 aromatic rings. The van der Waals surface area contributed by atoms with E-state index in [4.69, 9.17) is 9.84 Å². The van der Waals surface area contributed by atoms with Crippen LogP contribution in [0.2, 0.25) is 0 Å². The van der Waals surface area contributed by atoms with Crippen molar-refractivity contribution in [2.45, 2.75) is 19.5 Å². The van der Waals surface area contributed by atoms with E-state index in [1.165, 1.54) is 37.3 Å². The van der Waals surface area contributed by atoms with Gasteiger partial charge in [0.25, 0.3) is 5.56 Å². The lowest BCUT2D eigenvalue weighted by Gasteiger charge is -2.05. The Hall–Kier alpha value is -3.03. The molecule has 0 saturated heterocycles. The zero-order chi connectivity index (χ0) is 17.7. The van der Waals surface area contributed by atoms with Gasteiger partial charge in [-0.05, 0) is 25.1 Å². The molecule has 1 amide bonds. The number of amides is 1. The highest BCUT2D eigenvalue weighted by molar-refractivity contribution is 5.93. The summed E-state index contributed by atoms with van der Waals surface area (Å²) < 4.78 is 17.4. The summed E-state index contributed by atoms with van der Waals surface area (Å²) in [5.41, 5.74) is -0.688. The van der Waals surface area contributed by atoms with Crippen molar-refractivity contribution in [1.29, 1.82) is 0 Å². The second-order valence-corrected chi connectivity index (χ2v) is 5.07. The predicted molar refractivity (Wildman–Crippen MR) is 85.1 cm³/mol. The molecule has 0 radical (unpaired) electrons. The Labute approximate surface area is 136 Å². The van der Waals surface area contributed by atoms with E-state index in [9.17, 15) is 18.8 Å². The molecule has 0 aliphatic rings. The van der Waals surface area contributed by atoms with E-state index >= 15 is 0 Å². The Morgan fingerprint density at radius 3 is 2.71 bits per heavy atom. The smallest absolute Gasteiger partial charge is 0.411 e. The quantitative estimate of drug-likeness (QED) is 0.870. The molecule has 0 fully saturated rings. The molecule has 0 saturated carbocycles. The van der Waals surface area contributed by atoms with Gasteiger partial charge < -0.3 is 9.84 Å². The number of halogens is 1. The number of ether oxygens (including phenoxy) is 1. The predicted octanol–water partition coefficient (Wildman–Crippen LogP) is 2.59. The van der Waals surface area contributed by atoms with Crippen LogP contribution in [0.1, 0.15) is 23.7 Å². The summed E-state index contributed by atoms with van der Waals surface area (Å²) in [5.74, 6) is -1.14. The van der Waals surface area contributed by atoms with Crippen LogP contribution >= 0.6 is 0 Å². The molecule has 1 heterocycles. The van der Waals surface area contributed by atoms with Crippen LogP contribution in [-0.4, -0.2) is 34.9 Å². The fourth-order valence-electron chi connectivity index (χ4n) is 1.88. The first-order chi connectivity index (χ1) is 11.4. The number of aromatic nitrogens is 1. The highest BCUT2D eigenvalue weighted by atomic mass is 19.1. The van der Waals surface area contributed by atoms with Crippen LogP contribution in [0.25, 0.3) is 10.9 Å². The number of nitrogens with one attached hydrogen (secondary N) is 1. The number of alkyl halides is 1. The molecule has 126 valence electrons. The number of fused-ring (bicyclic) bond motifs is 1. The fraction of sp³-hybridized carbons (Fsp3) is 0.250. The molecular formula is C16H15FN2O5. The zero-order valence-corrected chi connectivity index (χ0v) is 12.8. The number of rotatable bonds is 5. The van der Waals surface area contributed by atoms with Gasteiger partial charge in [-0.15, -0.1) is 0 Å².